The highest BCUT2D eigenvalue weighted by Gasteiger charge is 2.24. The molecular weight excluding hydrogens is 469 g/mol. The first-order valence-corrected chi connectivity index (χ1v) is 10.5. The maximum atomic E-state index is 12.6. The lowest BCUT2D eigenvalue weighted by Crippen LogP contribution is -2.25. The lowest BCUT2D eigenvalue weighted by atomic mass is 10.1. The fourth-order valence-electron chi connectivity index (χ4n) is 2.49. The number of hydrogen-bond acceptors (Lipinski definition) is 6. The zero-order valence-corrected chi connectivity index (χ0v) is 18.5. The number of para-hydroxylation sites is 2. The number of aryl methyl sites for hydroxylation is 1. The summed E-state index contributed by atoms with van der Waals surface area (Å²) in [5.74, 6) is -2.40. The number of Topliss-reactive ketones (excluding diaryl/α,β-unsaturated/α-hetero) is 2. The topological polar surface area (TPSA) is 88.2 Å². The third-order valence-electron chi connectivity index (χ3n) is 3.94. The molecule has 0 bridgehead atoms. The van der Waals surface area contributed by atoms with Crippen molar-refractivity contribution in [3.8, 4) is 0 Å². The SMILES string of the molecule is Cc1nc(Nc2ccccc2Cl)sc1C(=O)CC(=O)C(=O)Nc1c(Cl)cccc1Cl. The van der Waals surface area contributed by atoms with Crippen LogP contribution in [0, 0.1) is 6.92 Å². The van der Waals surface area contributed by atoms with Crippen LogP contribution in [0.3, 0.4) is 0 Å². The van der Waals surface area contributed by atoms with Crippen LogP contribution in [0.5, 0.6) is 0 Å². The molecule has 0 aliphatic carbocycles. The number of hydrogen-bond donors (Lipinski definition) is 2. The fourth-order valence-corrected chi connectivity index (χ4v) is 4.08. The van der Waals surface area contributed by atoms with Crippen LogP contribution in [0.1, 0.15) is 21.8 Å². The van der Waals surface area contributed by atoms with Gasteiger partial charge in [-0.05, 0) is 31.2 Å². The highest BCUT2D eigenvalue weighted by atomic mass is 35.5. The Balaban J connectivity index is 1.68. The number of aromatic nitrogens is 1. The van der Waals surface area contributed by atoms with Crippen molar-refractivity contribution in [3.05, 3.63) is 68.1 Å². The van der Waals surface area contributed by atoms with Gasteiger partial charge >= 0.3 is 0 Å². The van der Waals surface area contributed by atoms with Gasteiger partial charge < -0.3 is 10.6 Å². The van der Waals surface area contributed by atoms with E-state index in [0.29, 0.717) is 21.5 Å². The van der Waals surface area contributed by atoms with Crippen LogP contribution in [0.25, 0.3) is 0 Å². The second-order valence-corrected chi connectivity index (χ2v) is 8.33. The van der Waals surface area contributed by atoms with Gasteiger partial charge in [-0.3, -0.25) is 14.4 Å². The summed E-state index contributed by atoms with van der Waals surface area (Å²) >= 11 is 19.2. The molecule has 1 amide bonds. The highest BCUT2D eigenvalue weighted by Crippen LogP contribution is 2.31. The molecule has 0 spiro atoms. The van der Waals surface area contributed by atoms with Crippen LogP contribution in [-0.4, -0.2) is 22.5 Å². The first-order valence-electron chi connectivity index (χ1n) is 8.56. The molecule has 0 saturated heterocycles. The molecule has 2 N–H and O–H groups in total. The summed E-state index contributed by atoms with van der Waals surface area (Å²) in [6.07, 6.45) is -0.609. The van der Waals surface area contributed by atoms with Crippen molar-refractivity contribution in [2.24, 2.45) is 0 Å². The van der Waals surface area contributed by atoms with Crippen molar-refractivity contribution >= 4 is 80.1 Å². The second-order valence-electron chi connectivity index (χ2n) is 6.11. The standard InChI is InChI=1S/C20H14Cl3N3O3S/c1-10-18(30-20(24-10)25-14-8-3-2-5-11(14)21)15(27)9-16(28)19(29)26-17-12(22)6-4-7-13(17)23/h2-8H,9H2,1H3,(H,24,25)(H,26,29). The number of carbonyl (C=O) groups excluding carboxylic acids is 3. The average molecular weight is 483 g/mol. The molecule has 1 heterocycles. The number of nitrogens with one attached hydrogen (secondary N) is 2. The Morgan fingerprint density at radius 2 is 1.60 bits per heavy atom. The molecule has 0 unspecified atom stereocenters. The molecule has 0 aliphatic heterocycles. The maximum absolute atomic E-state index is 12.6. The number of amides is 1. The monoisotopic (exact) mass is 481 g/mol. The van der Waals surface area contributed by atoms with Gasteiger partial charge in [0.05, 0.1) is 43.4 Å². The molecule has 1 aromatic heterocycles. The molecular formula is C20H14Cl3N3O3S. The Kier molecular flexibility index (Phi) is 7.10. The van der Waals surface area contributed by atoms with Gasteiger partial charge in [-0.25, -0.2) is 4.98 Å². The average Bonchev–Trinajstić information content (AvgIpc) is 3.06. The smallest absolute Gasteiger partial charge is 0.292 e. The third kappa shape index (κ3) is 5.17. The van der Waals surface area contributed by atoms with Gasteiger partial charge in [-0.15, -0.1) is 0 Å². The van der Waals surface area contributed by atoms with E-state index < -0.39 is 23.9 Å². The van der Waals surface area contributed by atoms with Crippen molar-refractivity contribution < 1.29 is 14.4 Å². The van der Waals surface area contributed by atoms with Crippen LogP contribution in [-0.2, 0) is 9.59 Å². The van der Waals surface area contributed by atoms with E-state index >= 15 is 0 Å². The molecule has 0 fully saturated rings. The lowest BCUT2D eigenvalue weighted by Gasteiger charge is -2.08. The number of anilines is 3. The zero-order valence-electron chi connectivity index (χ0n) is 15.5. The van der Waals surface area contributed by atoms with Crippen LogP contribution >= 0.6 is 46.1 Å². The van der Waals surface area contributed by atoms with Crippen LogP contribution in [0.4, 0.5) is 16.5 Å². The van der Waals surface area contributed by atoms with Gasteiger partial charge in [0.15, 0.2) is 10.9 Å². The molecule has 10 heteroatoms. The van der Waals surface area contributed by atoms with Gasteiger partial charge in [-0.2, -0.15) is 0 Å². The van der Waals surface area contributed by atoms with E-state index in [4.69, 9.17) is 34.8 Å². The Hall–Kier alpha value is -2.45. The number of rotatable bonds is 7. The Morgan fingerprint density at radius 1 is 0.967 bits per heavy atom. The van der Waals surface area contributed by atoms with Gasteiger partial charge in [0.2, 0.25) is 5.78 Å². The molecule has 6 nitrogen and oxygen atoms in total. The molecule has 0 saturated carbocycles. The van der Waals surface area contributed by atoms with E-state index in [9.17, 15) is 14.4 Å². The fraction of sp³-hybridized carbons (Fsp3) is 0.100. The number of benzene rings is 2. The predicted octanol–water partition coefficient (Wildman–Crippen LogP) is 5.94. The van der Waals surface area contributed by atoms with Gasteiger partial charge in [-0.1, -0.05) is 64.3 Å². The number of halogens is 3. The van der Waals surface area contributed by atoms with Gasteiger partial charge in [0.1, 0.15) is 0 Å². The first kappa shape index (κ1) is 22.2. The van der Waals surface area contributed by atoms with E-state index in [0.717, 1.165) is 11.3 Å². The summed E-state index contributed by atoms with van der Waals surface area (Å²) < 4.78 is 0. The largest absolute Gasteiger partial charge is 0.330 e. The summed E-state index contributed by atoms with van der Waals surface area (Å²) in [7, 11) is 0. The molecule has 3 aromatic rings. The minimum Gasteiger partial charge on any atom is -0.330 e. The lowest BCUT2D eigenvalue weighted by molar-refractivity contribution is -0.134. The minimum atomic E-state index is -0.977. The van der Waals surface area contributed by atoms with Crippen LogP contribution < -0.4 is 10.6 Å². The van der Waals surface area contributed by atoms with Crippen molar-refractivity contribution in [2.75, 3.05) is 10.6 Å². The molecule has 154 valence electrons. The predicted molar refractivity (Wildman–Crippen MR) is 121 cm³/mol. The number of carbonyl (C=O) groups is 3. The minimum absolute atomic E-state index is 0.117. The van der Waals surface area contributed by atoms with Crippen LogP contribution in [0.2, 0.25) is 15.1 Å². The Labute approximate surface area is 191 Å². The van der Waals surface area contributed by atoms with E-state index in [1.54, 1.807) is 31.2 Å². The molecule has 0 aliphatic rings. The third-order valence-corrected chi connectivity index (χ3v) is 6.01. The number of thiazole rings is 1. The van der Waals surface area contributed by atoms with Crippen molar-refractivity contribution in [1.29, 1.82) is 0 Å². The summed E-state index contributed by atoms with van der Waals surface area (Å²) in [6, 6.07) is 11.7. The van der Waals surface area contributed by atoms with E-state index in [2.05, 4.69) is 15.6 Å². The summed E-state index contributed by atoms with van der Waals surface area (Å²) in [6.45, 7) is 1.65. The molecule has 0 atom stereocenters. The summed E-state index contributed by atoms with van der Waals surface area (Å²) in [5.41, 5.74) is 1.20. The first-order chi connectivity index (χ1) is 14.3. The Bertz CT molecular complexity index is 1130. The summed E-state index contributed by atoms with van der Waals surface area (Å²) in [4.78, 5) is 41.6. The van der Waals surface area contributed by atoms with E-state index in [-0.39, 0.29) is 20.6 Å². The van der Waals surface area contributed by atoms with Crippen molar-refractivity contribution in [3.63, 3.8) is 0 Å². The number of ketones is 2. The zero-order chi connectivity index (χ0) is 21.8. The Morgan fingerprint density at radius 3 is 2.27 bits per heavy atom. The number of nitrogens with zero attached hydrogens (tertiary/aromatic N) is 1. The van der Waals surface area contributed by atoms with E-state index in [1.807, 2.05) is 6.07 Å². The van der Waals surface area contributed by atoms with Gasteiger partial charge in [0, 0.05) is 0 Å². The molecule has 3 rings (SSSR count). The normalized spacial score (nSPS) is 10.5. The molecule has 2 aromatic carbocycles. The highest BCUT2D eigenvalue weighted by molar-refractivity contribution is 7.17. The summed E-state index contributed by atoms with van der Waals surface area (Å²) in [5, 5.41) is 6.71. The van der Waals surface area contributed by atoms with Crippen molar-refractivity contribution in [2.45, 2.75) is 13.3 Å². The quantitative estimate of drug-likeness (QED) is 0.247. The second kappa shape index (κ2) is 9.57. The van der Waals surface area contributed by atoms with Crippen molar-refractivity contribution in [1.82, 2.24) is 4.98 Å². The van der Waals surface area contributed by atoms with E-state index in [1.165, 1.54) is 12.1 Å². The molecule has 0 radical (unpaired) electrons. The van der Waals surface area contributed by atoms with Crippen LogP contribution in [0.15, 0.2) is 42.5 Å². The maximum Gasteiger partial charge on any atom is 0.292 e. The molecule has 30 heavy (non-hydrogen) atoms. The van der Waals surface area contributed by atoms with Gasteiger partial charge in [0.25, 0.3) is 5.91 Å².